The van der Waals surface area contributed by atoms with Crippen LogP contribution in [0.4, 0.5) is 0 Å². The van der Waals surface area contributed by atoms with Crippen LogP contribution in [-0.2, 0) is 9.53 Å². The van der Waals surface area contributed by atoms with Crippen molar-refractivity contribution in [3.05, 3.63) is 0 Å². The van der Waals surface area contributed by atoms with E-state index in [9.17, 15) is 4.79 Å². The number of rotatable bonds is 8. The van der Waals surface area contributed by atoms with Gasteiger partial charge in [-0.1, -0.05) is 6.92 Å². The maximum Gasteiger partial charge on any atom is 0.236 e. The van der Waals surface area contributed by atoms with Crippen molar-refractivity contribution >= 4 is 5.91 Å². The number of nitrogens with zero attached hydrogens (tertiary/aromatic N) is 3. The first-order chi connectivity index (χ1) is 9.06. The van der Waals surface area contributed by atoms with Gasteiger partial charge in [-0.2, -0.15) is 0 Å². The van der Waals surface area contributed by atoms with Gasteiger partial charge in [-0.25, -0.2) is 0 Å². The van der Waals surface area contributed by atoms with Gasteiger partial charge in [-0.15, -0.1) is 0 Å². The summed E-state index contributed by atoms with van der Waals surface area (Å²) >= 11 is 0. The fraction of sp³-hybridized carbons (Fsp3) is 0.929. The minimum Gasteiger partial charge on any atom is -0.383 e. The van der Waals surface area contributed by atoms with Crippen molar-refractivity contribution < 1.29 is 9.53 Å². The van der Waals surface area contributed by atoms with Gasteiger partial charge in [0.2, 0.25) is 5.91 Å². The lowest BCUT2D eigenvalue weighted by molar-refractivity contribution is -0.131. The minimum absolute atomic E-state index is 0.202. The zero-order valence-corrected chi connectivity index (χ0v) is 12.9. The van der Waals surface area contributed by atoms with Crippen LogP contribution in [0.1, 0.15) is 13.3 Å². The number of amides is 1. The zero-order chi connectivity index (χ0) is 14.3. The summed E-state index contributed by atoms with van der Waals surface area (Å²) in [6, 6.07) is 0. The largest absolute Gasteiger partial charge is 0.383 e. The standard InChI is InChI=1S/C14H29N3O2/c1-5-17-7-6-13(11-17)10-16(3)14(18)12-15(2)8-9-19-4/h13H,5-12H2,1-4H3/t13-/m0/s1. The molecule has 0 aromatic rings. The third-order valence-corrected chi connectivity index (χ3v) is 3.86. The van der Waals surface area contributed by atoms with Crippen molar-refractivity contribution in [3.8, 4) is 0 Å². The van der Waals surface area contributed by atoms with Crippen molar-refractivity contribution in [2.24, 2.45) is 5.92 Å². The first-order valence-electron chi connectivity index (χ1n) is 7.20. The summed E-state index contributed by atoms with van der Waals surface area (Å²) in [4.78, 5) is 18.4. The molecule has 1 rings (SSSR count). The smallest absolute Gasteiger partial charge is 0.236 e. The summed E-state index contributed by atoms with van der Waals surface area (Å²) in [6.07, 6.45) is 1.21. The lowest BCUT2D eigenvalue weighted by atomic mass is 10.1. The Kier molecular flexibility index (Phi) is 7.34. The normalized spacial score (nSPS) is 20.2. The lowest BCUT2D eigenvalue weighted by Crippen LogP contribution is -2.40. The van der Waals surface area contributed by atoms with E-state index in [1.165, 1.54) is 13.0 Å². The SMILES string of the molecule is CCN1CC[C@@H](CN(C)C(=O)CN(C)CCOC)C1. The number of methoxy groups -OCH3 is 1. The van der Waals surface area contributed by atoms with Gasteiger partial charge in [0.15, 0.2) is 0 Å². The quantitative estimate of drug-likeness (QED) is 0.639. The second-order valence-electron chi connectivity index (χ2n) is 5.55. The maximum absolute atomic E-state index is 12.1. The highest BCUT2D eigenvalue weighted by molar-refractivity contribution is 5.77. The van der Waals surface area contributed by atoms with E-state index < -0.39 is 0 Å². The Morgan fingerprint density at radius 2 is 2.16 bits per heavy atom. The molecule has 1 amide bonds. The molecule has 5 nitrogen and oxygen atoms in total. The molecule has 0 aromatic carbocycles. The zero-order valence-electron chi connectivity index (χ0n) is 12.9. The van der Waals surface area contributed by atoms with Crippen LogP contribution in [0, 0.1) is 5.92 Å². The van der Waals surface area contributed by atoms with E-state index in [0.29, 0.717) is 19.1 Å². The van der Waals surface area contributed by atoms with Gasteiger partial charge in [0.1, 0.15) is 0 Å². The van der Waals surface area contributed by atoms with Crippen LogP contribution in [0.5, 0.6) is 0 Å². The summed E-state index contributed by atoms with van der Waals surface area (Å²) in [7, 11) is 5.56. The number of ether oxygens (including phenoxy) is 1. The van der Waals surface area contributed by atoms with Crippen LogP contribution in [0.15, 0.2) is 0 Å². The second-order valence-corrected chi connectivity index (χ2v) is 5.55. The molecule has 0 aliphatic carbocycles. The summed E-state index contributed by atoms with van der Waals surface area (Å²) < 4.78 is 5.01. The number of hydrogen-bond acceptors (Lipinski definition) is 4. The Morgan fingerprint density at radius 3 is 2.74 bits per heavy atom. The van der Waals surface area contributed by atoms with Gasteiger partial charge < -0.3 is 14.5 Å². The van der Waals surface area contributed by atoms with Crippen molar-refractivity contribution in [2.45, 2.75) is 13.3 Å². The fourth-order valence-electron chi connectivity index (χ4n) is 2.52. The molecule has 1 aliphatic heterocycles. The predicted octanol–water partition coefficient (Wildman–Crippen LogP) is 0.365. The molecule has 0 saturated carbocycles. The molecule has 1 aliphatic rings. The van der Waals surface area contributed by atoms with E-state index in [1.807, 2.05) is 23.9 Å². The summed E-state index contributed by atoms with van der Waals surface area (Å²) in [6.45, 7) is 8.45. The molecular formula is C14H29N3O2. The highest BCUT2D eigenvalue weighted by atomic mass is 16.5. The average Bonchev–Trinajstić information content (AvgIpc) is 2.83. The third-order valence-electron chi connectivity index (χ3n) is 3.86. The lowest BCUT2D eigenvalue weighted by Gasteiger charge is -2.24. The number of likely N-dealkylation sites (tertiary alicyclic amines) is 1. The minimum atomic E-state index is 0.202. The van der Waals surface area contributed by atoms with E-state index in [-0.39, 0.29) is 5.91 Å². The molecule has 112 valence electrons. The van der Waals surface area contributed by atoms with Gasteiger partial charge in [0.05, 0.1) is 13.2 Å². The van der Waals surface area contributed by atoms with Gasteiger partial charge >= 0.3 is 0 Å². The Morgan fingerprint density at radius 1 is 1.42 bits per heavy atom. The summed E-state index contributed by atoms with van der Waals surface area (Å²) in [5.74, 6) is 0.840. The Balaban J connectivity index is 2.25. The van der Waals surface area contributed by atoms with E-state index in [0.717, 1.165) is 26.2 Å². The number of carbonyl (C=O) groups is 1. The molecule has 1 saturated heterocycles. The summed E-state index contributed by atoms with van der Waals surface area (Å²) in [5.41, 5.74) is 0. The molecule has 19 heavy (non-hydrogen) atoms. The highest BCUT2D eigenvalue weighted by Crippen LogP contribution is 2.16. The monoisotopic (exact) mass is 271 g/mol. The Labute approximate surface area is 117 Å². The van der Waals surface area contributed by atoms with E-state index in [1.54, 1.807) is 7.11 Å². The van der Waals surface area contributed by atoms with Crippen LogP contribution >= 0.6 is 0 Å². The summed E-state index contributed by atoms with van der Waals surface area (Å²) in [5, 5.41) is 0. The van der Waals surface area contributed by atoms with Gasteiger partial charge in [-0.05, 0) is 32.5 Å². The molecular weight excluding hydrogens is 242 g/mol. The van der Waals surface area contributed by atoms with Crippen LogP contribution in [0.3, 0.4) is 0 Å². The van der Waals surface area contributed by atoms with E-state index in [4.69, 9.17) is 4.74 Å². The number of carbonyl (C=O) groups excluding carboxylic acids is 1. The van der Waals surface area contributed by atoms with E-state index in [2.05, 4.69) is 11.8 Å². The van der Waals surface area contributed by atoms with E-state index >= 15 is 0 Å². The highest BCUT2D eigenvalue weighted by Gasteiger charge is 2.24. The Hall–Kier alpha value is -0.650. The molecule has 5 heteroatoms. The van der Waals surface area contributed by atoms with Gasteiger partial charge in [-0.3, -0.25) is 9.69 Å². The first-order valence-corrected chi connectivity index (χ1v) is 7.20. The van der Waals surface area contributed by atoms with Crippen molar-refractivity contribution in [1.82, 2.24) is 14.7 Å². The van der Waals surface area contributed by atoms with Crippen LogP contribution in [0.25, 0.3) is 0 Å². The third kappa shape index (κ3) is 5.89. The van der Waals surface area contributed by atoms with Crippen molar-refractivity contribution in [3.63, 3.8) is 0 Å². The molecule has 1 fully saturated rings. The molecule has 1 atom stereocenters. The molecule has 0 spiro atoms. The molecule has 0 aromatic heterocycles. The van der Waals surface area contributed by atoms with Gasteiger partial charge in [0, 0.05) is 33.8 Å². The predicted molar refractivity (Wildman–Crippen MR) is 77.2 cm³/mol. The van der Waals surface area contributed by atoms with Crippen LogP contribution < -0.4 is 0 Å². The van der Waals surface area contributed by atoms with Crippen molar-refractivity contribution in [2.75, 3.05) is 67.1 Å². The van der Waals surface area contributed by atoms with Crippen molar-refractivity contribution in [1.29, 1.82) is 0 Å². The molecule has 0 unspecified atom stereocenters. The number of hydrogen-bond donors (Lipinski definition) is 0. The molecule has 0 bridgehead atoms. The number of likely N-dealkylation sites (N-methyl/N-ethyl adjacent to an activating group) is 2. The maximum atomic E-state index is 12.1. The second kappa shape index (κ2) is 8.51. The van der Waals surface area contributed by atoms with Gasteiger partial charge in [0.25, 0.3) is 0 Å². The molecule has 0 N–H and O–H groups in total. The average molecular weight is 271 g/mol. The Bertz CT molecular complexity index is 273. The van der Waals surface area contributed by atoms with Crippen LogP contribution in [-0.4, -0.2) is 87.7 Å². The topological polar surface area (TPSA) is 36.0 Å². The first kappa shape index (κ1) is 16.4. The molecule has 1 heterocycles. The molecule has 0 radical (unpaired) electrons. The fourth-order valence-corrected chi connectivity index (χ4v) is 2.52. The van der Waals surface area contributed by atoms with Crippen LogP contribution in [0.2, 0.25) is 0 Å².